The van der Waals surface area contributed by atoms with Gasteiger partial charge in [-0.25, -0.2) is 0 Å². The van der Waals surface area contributed by atoms with Gasteiger partial charge in [0.1, 0.15) is 5.75 Å². The van der Waals surface area contributed by atoms with Crippen LogP contribution in [-0.4, -0.2) is 36.4 Å². The Bertz CT molecular complexity index is 879. The number of amides is 2. The highest BCUT2D eigenvalue weighted by Gasteiger charge is 2.30. The summed E-state index contributed by atoms with van der Waals surface area (Å²) in [5, 5.41) is 3.47. The first-order valence-corrected chi connectivity index (χ1v) is 9.67. The molecule has 5 nitrogen and oxygen atoms in total. The van der Waals surface area contributed by atoms with Crippen LogP contribution in [0.15, 0.2) is 48.5 Å². The SMILES string of the molecule is O=C(NCc1cccc(Cl)c1)C1CCCN(C(=O)c2ccccc2OC(F)F)C1. The lowest BCUT2D eigenvalue weighted by Crippen LogP contribution is -2.45. The maximum atomic E-state index is 12.8. The molecule has 0 saturated carbocycles. The Morgan fingerprint density at radius 2 is 2.00 bits per heavy atom. The number of halogens is 3. The van der Waals surface area contributed by atoms with E-state index >= 15 is 0 Å². The van der Waals surface area contributed by atoms with E-state index in [9.17, 15) is 18.4 Å². The van der Waals surface area contributed by atoms with Crippen LogP contribution in [0, 0.1) is 5.92 Å². The second-order valence-corrected chi connectivity index (χ2v) is 7.25. The molecule has 0 radical (unpaired) electrons. The number of carbonyl (C=O) groups excluding carboxylic acids is 2. The number of ether oxygens (including phenoxy) is 1. The molecular formula is C21H21ClF2N2O3. The van der Waals surface area contributed by atoms with Crippen molar-refractivity contribution in [1.29, 1.82) is 0 Å². The first-order valence-electron chi connectivity index (χ1n) is 9.29. The number of benzene rings is 2. The molecule has 0 spiro atoms. The third kappa shape index (κ3) is 5.67. The summed E-state index contributed by atoms with van der Waals surface area (Å²) < 4.78 is 29.7. The van der Waals surface area contributed by atoms with Gasteiger partial charge in [0.05, 0.1) is 11.5 Å². The van der Waals surface area contributed by atoms with Crippen molar-refractivity contribution < 1.29 is 23.1 Å². The second kappa shape index (κ2) is 9.69. The number of nitrogens with one attached hydrogen (secondary N) is 1. The van der Waals surface area contributed by atoms with E-state index in [1.54, 1.807) is 18.2 Å². The number of hydrogen-bond acceptors (Lipinski definition) is 3. The molecule has 29 heavy (non-hydrogen) atoms. The van der Waals surface area contributed by atoms with Crippen molar-refractivity contribution in [3.05, 3.63) is 64.7 Å². The predicted molar refractivity (Wildman–Crippen MR) is 105 cm³/mol. The summed E-state index contributed by atoms with van der Waals surface area (Å²) in [6.07, 6.45) is 1.30. The van der Waals surface area contributed by atoms with Crippen molar-refractivity contribution in [2.75, 3.05) is 13.1 Å². The highest BCUT2D eigenvalue weighted by atomic mass is 35.5. The molecule has 1 N–H and O–H groups in total. The van der Waals surface area contributed by atoms with Crippen LogP contribution in [0.4, 0.5) is 8.78 Å². The molecule has 1 aliphatic rings. The number of rotatable bonds is 6. The van der Waals surface area contributed by atoms with Crippen LogP contribution in [-0.2, 0) is 11.3 Å². The average molecular weight is 423 g/mol. The first-order chi connectivity index (χ1) is 13.9. The minimum atomic E-state index is -3.02. The molecule has 0 bridgehead atoms. The molecule has 1 unspecified atom stereocenters. The third-order valence-electron chi connectivity index (χ3n) is 4.77. The van der Waals surface area contributed by atoms with Crippen LogP contribution in [0.5, 0.6) is 5.75 Å². The van der Waals surface area contributed by atoms with Gasteiger partial charge in [-0.1, -0.05) is 35.9 Å². The largest absolute Gasteiger partial charge is 0.434 e. The fraction of sp³-hybridized carbons (Fsp3) is 0.333. The van der Waals surface area contributed by atoms with Gasteiger partial charge in [-0.3, -0.25) is 9.59 Å². The Kier molecular flexibility index (Phi) is 7.04. The monoisotopic (exact) mass is 422 g/mol. The predicted octanol–water partition coefficient (Wildman–Crippen LogP) is 4.11. The molecule has 2 aromatic rings. The van der Waals surface area contributed by atoms with Crippen LogP contribution in [0.1, 0.15) is 28.8 Å². The molecule has 0 aliphatic carbocycles. The van der Waals surface area contributed by atoms with Crippen molar-refractivity contribution in [2.45, 2.75) is 26.0 Å². The van der Waals surface area contributed by atoms with Crippen molar-refractivity contribution >= 4 is 23.4 Å². The zero-order valence-electron chi connectivity index (χ0n) is 15.6. The average Bonchev–Trinajstić information content (AvgIpc) is 2.71. The number of hydrogen-bond donors (Lipinski definition) is 1. The van der Waals surface area contributed by atoms with Gasteiger partial charge in [-0.15, -0.1) is 0 Å². The van der Waals surface area contributed by atoms with Crippen LogP contribution in [0.3, 0.4) is 0 Å². The van der Waals surface area contributed by atoms with Gasteiger partial charge in [0, 0.05) is 24.7 Å². The zero-order chi connectivity index (χ0) is 20.8. The Morgan fingerprint density at radius 3 is 2.76 bits per heavy atom. The van der Waals surface area contributed by atoms with Crippen molar-refractivity contribution in [3.63, 3.8) is 0 Å². The minimum Gasteiger partial charge on any atom is -0.434 e. The summed E-state index contributed by atoms with van der Waals surface area (Å²) in [6, 6.07) is 13.1. The fourth-order valence-electron chi connectivity index (χ4n) is 3.37. The summed E-state index contributed by atoms with van der Waals surface area (Å²) in [6.45, 7) is -1.99. The van der Waals surface area contributed by atoms with Crippen molar-refractivity contribution in [1.82, 2.24) is 10.2 Å². The number of piperidine rings is 1. The molecule has 1 heterocycles. The molecule has 0 aromatic heterocycles. The molecule has 2 amide bonds. The van der Waals surface area contributed by atoms with E-state index in [0.717, 1.165) is 5.56 Å². The summed E-state index contributed by atoms with van der Waals surface area (Å²) >= 11 is 5.95. The summed E-state index contributed by atoms with van der Waals surface area (Å²) in [7, 11) is 0. The molecule has 1 fully saturated rings. The lowest BCUT2D eigenvalue weighted by molar-refractivity contribution is -0.126. The molecular weight excluding hydrogens is 402 g/mol. The molecule has 1 saturated heterocycles. The number of para-hydroxylation sites is 1. The normalized spacial score (nSPS) is 16.6. The van der Waals surface area contributed by atoms with E-state index < -0.39 is 12.5 Å². The van der Waals surface area contributed by atoms with E-state index in [0.29, 0.717) is 31.0 Å². The lowest BCUT2D eigenvalue weighted by Gasteiger charge is -2.32. The number of nitrogens with zero attached hydrogens (tertiary/aromatic N) is 1. The number of carbonyl (C=O) groups is 2. The lowest BCUT2D eigenvalue weighted by atomic mass is 9.96. The van der Waals surface area contributed by atoms with Crippen LogP contribution in [0.25, 0.3) is 0 Å². The Balaban J connectivity index is 1.63. The van der Waals surface area contributed by atoms with Crippen molar-refractivity contribution in [2.24, 2.45) is 5.92 Å². The maximum absolute atomic E-state index is 12.8. The molecule has 1 aliphatic heterocycles. The minimum absolute atomic E-state index is 0.0628. The van der Waals surface area contributed by atoms with Gasteiger partial charge in [0.15, 0.2) is 0 Å². The van der Waals surface area contributed by atoms with Crippen LogP contribution in [0.2, 0.25) is 5.02 Å². The van der Waals surface area contributed by atoms with Gasteiger partial charge in [-0.05, 0) is 42.7 Å². The topological polar surface area (TPSA) is 58.6 Å². The third-order valence-corrected chi connectivity index (χ3v) is 5.00. The summed E-state index contributed by atoms with van der Waals surface area (Å²) in [4.78, 5) is 26.9. The van der Waals surface area contributed by atoms with Gasteiger partial charge in [0.2, 0.25) is 5.91 Å². The maximum Gasteiger partial charge on any atom is 0.387 e. The second-order valence-electron chi connectivity index (χ2n) is 6.81. The zero-order valence-corrected chi connectivity index (χ0v) is 16.4. The van der Waals surface area contributed by atoms with E-state index in [4.69, 9.17) is 11.6 Å². The van der Waals surface area contributed by atoms with Gasteiger partial charge in [0.25, 0.3) is 5.91 Å². The first kappa shape index (κ1) is 21.0. The quantitative estimate of drug-likeness (QED) is 0.762. The van der Waals surface area contributed by atoms with E-state index in [1.165, 1.54) is 23.1 Å². The van der Waals surface area contributed by atoms with E-state index in [1.807, 2.05) is 12.1 Å². The summed E-state index contributed by atoms with van der Waals surface area (Å²) in [5.74, 6) is -1.11. The van der Waals surface area contributed by atoms with E-state index in [-0.39, 0.29) is 29.7 Å². The van der Waals surface area contributed by atoms with Gasteiger partial charge < -0.3 is 15.0 Å². The number of alkyl halides is 2. The van der Waals surface area contributed by atoms with Gasteiger partial charge >= 0.3 is 6.61 Å². The molecule has 3 rings (SSSR count). The fourth-order valence-corrected chi connectivity index (χ4v) is 3.58. The highest BCUT2D eigenvalue weighted by Crippen LogP contribution is 2.25. The summed E-state index contributed by atoms with van der Waals surface area (Å²) in [5.41, 5.74) is 0.945. The molecule has 1 atom stereocenters. The highest BCUT2D eigenvalue weighted by molar-refractivity contribution is 6.30. The van der Waals surface area contributed by atoms with Gasteiger partial charge in [-0.2, -0.15) is 8.78 Å². The Labute approximate surface area is 172 Å². The standard InChI is InChI=1S/C21H21ClF2N2O3/c22-16-7-3-5-14(11-16)12-25-19(27)15-6-4-10-26(13-15)20(28)17-8-1-2-9-18(17)29-21(23)24/h1-3,5,7-9,11,15,21H,4,6,10,12-13H2,(H,25,27). The molecule has 154 valence electrons. The molecule has 2 aromatic carbocycles. The van der Waals surface area contributed by atoms with E-state index in [2.05, 4.69) is 10.1 Å². The Morgan fingerprint density at radius 1 is 1.21 bits per heavy atom. The van der Waals surface area contributed by atoms with Crippen molar-refractivity contribution in [3.8, 4) is 5.75 Å². The smallest absolute Gasteiger partial charge is 0.387 e. The number of likely N-dealkylation sites (tertiary alicyclic amines) is 1. The van der Waals surface area contributed by atoms with Crippen LogP contribution < -0.4 is 10.1 Å². The molecule has 8 heteroatoms. The van der Waals surface area contributed by atoms with Crippen LogP contribution >= 0.6 is 11.6 Å². The Hall–Kier alpha value is -2.67.